The molecule has 0 aliphatic rings. The quantitative estimate of drug-likeness (QED) is 0.722. The van der Waals surface area contributed by atoms with Crippen molar-refractivity contribution in [3.63, 3.8) is 0 Å². The Labute approximate surface area is 176 Å². The summed E-state index contributed by atoms with van der Waals surface area (Å²) in [5.41, 5.74) is 2.42. The third-order valence-electron chi connectivity index (χ3n) is 4.40. The van der Waals surface area contributed by atoms with Crippen molar-refractivity contribution in [3.05, 3.63) is 47.2 Å². The van der Waals surface area contributed by atoms with Gasteiger partial charge in [-0.2, -0.15) is 13.5 Å². The Kier molecular flexibility index (Phi) is 7.14. The summed E-state index contributed by atoms with van der Waals surface area (Å²) < 4.78 is 27.2. The van der Waals surface area contributed by atoms with E-state index in [4.69, 9.17) is 0 Å². The molecule has 2 rings (SSSR count). The lowest BCUT2D eigenvalue weighted by Crippen LogP contribution is -2.35. The number of benzene rings is 1. The predicted octanol–water partition coefficient (Wildman–Crippen LogP) is 2.94. The molecule has 0 fully saturated rings. The number of hydrogen-bond donors (Lipinski definition) is 2. The van der Waals surface area contributed by atoms with Gasteiger partial charge in [0, 0.05) is 19.8 Å². The highest BCUT2D eigenvalue weighted by Crippen LogP contribution is 2.32. The molecule has 0 unspecified atom stereocenters. The second kappa shape index (κ2) is 9.21. The van der Waals surface area contributed by atoms with Crippen LogP contribution in [0, 0.1) is 0 Å². The number of rotatable bonds is 6. The van der Waals surface area contributed by atoms with E-state index in [1.807, 2.05) is 50.6 Å². The van der Waals surface area contributed by atoms with Crippen LogP contribution >= 0.6 is 0 Å². The fourth-order valence-electron chi connectivity index (χ4n) is 2.86. The molecule has 0 aliphatic heterocycles. The van der Waals surface area contributed by atoms with Crippen LogP contribution in [0.2, 0.25) is 0 Å². The van der Waals surface area contributed by atoms with Crippen molar-refractivity contribution < 1.29 is 18.0 Å². The van der Waals surface area contributed by atoms with Gasteiger partial charge in [0.05, 0.1) is 11.8 Å². The van der Waals surface area contributed by atoms with Crippen molar-refractivity contribution in [1.82, 2.24) is 19.8 Å². The lowest BCUT2D eigenvalue weighted by atomic mass is 9.93. The number of nitrogens with one attached hydrogen (secondary N) is 2. The molecule has 1 aromatic carbocycles. The number of sulfonamides is 1. The lowest BCUT2D eigenvalue weighted by molar-refractivity contribution is 0.0826. The fraction of sp³-hybridized carbons (Fsp3) is 0.400. The van der Waals surface area contributed by atoms with E-state index in [2.05, 4.69) is 15.5 Å². The molecular formula is C20H27N5O4S. The minimum absolute atomic E-state index is 0.0445. The molecule has 9 nitrogen and oxygen atoms in total. The van der Waals surface area contributed by atoms with E-state index < -0.39 is 27.0 Å². The van der Waals surface area contributed by atoms with E-state index in [9.17, 15) is 18.0 Å². The average Bonchev–Trinajstić information content (AvgIpc) is 2.66. The van der Waals surface area contributed by atoms with Crippen LogP contribution in [-0.4, -0.2) is 49.5 Å². The molecule has 0 atom stereocenters. The number of urea groups is 1. The molecule has 1 aromatic heterocycles. The van der Waals surface area contributed by atoms with Gasteiger partial charge in [0.2, 0.25) is 0 Å². The van der Waals surface area contributed by atoms with Gasteiger partial charge in [-0.3, -0.25) is 4.79 Å². The number of hydrogen-bond acceptors (Lipinski definition) is 6. The maximum absolute atomic E-state index is 12.6. The van der Waals surface area contributed by atoms with Gasteiger partial charge < -0.3 is 10.2 Å². The van der Waals surface area contributed by atoms with Gasteiger partial charge in [-0.1, -0.05) is 45.9 Å². The van der Waals surface area contributed by atoms with E-state index in [1.54, 1.807) is 0 Å². The summed E-state index contributed by atoms with van der Waals surface area (Å²) in [7, 11) is -1.28. The van der Waals surface area contributed by atoms with E-state index >= 15 is 0 Å². The second-order valence-electron chi connectivity index (χ2n) is 7.66. The minimum atomic E-state index is -4.33. The van der Waals surface area contributed by atoms with Gasteiger partial charge in [-0.05, 0) is 29.0 Å². The van der Waals surface area contributed by atoms with E-state index in [-0.39, 0.29) is 17.4 Å². The first-order valence-electron chi connectivity index (χ1n) is 9.45. The standard InChI is InChI=1S/C20H27N5O4S/c1-12(2)15-8-7-9-16(13(3)4)18(15)22-20(27)24-30(28,29)17-10-14(11-21-23-17)19(26)25(5)6/h7-13H,1-6H3,(H2,22,24,27). The van der Waals surface area contributed by atoms with Crippen LogP contribution in [-0.2, 0) is 10.0 Å². The molecule has 0 aliphatic carbocycles. The summed E-state index contributed by atoms with van der Waals surface area (Å²) in [4.78, 5) is 25.9. The van der Waals surface area contributed by atoms with Crippen LogP contribution in [0.15, 0.2) is 35.5 Å². The van der Waals surface area contributed by atoms with Crippen molar-refractivity contribution in [2.75, 3.05) is 19.4 Å². The third-order valence-corrected chi connectivity index (χ3v) is 5.60. The number of amides is 3. The molecule has 0 saturated heterocycles. The van der Waals surface area contributed by atoms with Gasteiger partial charge >= 0.3 is 6.03 Å². The van der Waals surface area contributed by atoms with Gasteiger partial charge in [-0.25, -0.2) is 9.52 Å². The van der Waals surface area contributed by atoms with Crippen LogP contribution in [0.4, 0.5) is 10.5 Å². The van der Waals surface area contributed by atoms with Gasteiger partial charge in [0.1, 0.15) is 0 Å². The van der Waals surface area contributed by atoms with Crippen molar-refractivity contribution in [1.29, 1.82) is 0 Å². The minimum Gasteiger partial charge on any atom is -0.345 e. The fourth-order valence-corrected chi connectivity index (χ4v) is 3.70. The summed E-state index contributed by atoms with van der Waals surface area (Å²) in [5, 5.41) is 9.27. The molecule has 0 bridgehead atoms. The zero-order valence-corrected chi connectivity index (χ0v) is 18.7. The molecule has 10 heteroatoms. The lowest BCUT2D eigenvalue weighted by Gasteiger charge is -2.20. The molecule has 162 valence electrons. The Morgan fingerprint density at radius 3 is 2.10 bits per heavy atom. The average molecular weight is 434 g/mol. The van der Waals surface area contributed by atoms with Crippen LogP contribution in [0.5, 0.6) is 0 Å². The van der Waals surface area contributed by atoms with Crippen LogP contribution in [0.3, 0.4) is 0 Å². The molecule has 0 radical (unpaired) electrons. The largest absolute Gasteiger partial charge is 0.345 e. The predicted molar refractivity (Wildman–Crippen MR) is 114 cm³/mol. The van der Waals surface area contributed by atoms with E-state index in [0.29, 0.717) is 5.69 Å². The van der Waals surface area contributed by atoms with Crippen LogP contribution in [0.25, 0.3) is 0 Å². The number of anilines is 1. The molecule has 2 N–H and O–H groups in total. The van der Waals surface area contributed by atoms with Gasteiger partial charge in [0.15, 0.2) is 5.03 Å². The normalized spacial score (nSPS) is 11.5. The summed E-state index contributed by atoms with van der Waals surface area (Å²) in [5.74, 6) is -0.191. The number of para-hydroxylation sites is 1. The van der Waals surface area contributed by atoms with Crippen molar-refractivity contribution in [2.24, 2.45) is 0 Å². The molecule has 0 spiro atoms. The highest BCUT2D eigenvalue weighted by molar-refractivity contribution is 7.90. The van der Waals surface area contributed by atoms with E-state index in [1.165, 1.54) is 19.0 Å². The van der Waals surface area contributed by atoms with Gasteiger partial charge in [-0.15, -0.1) is 5.10 Å². The first kappa shape index (κ1) is 23.3. The highest BCUT2D eigenvalue weighted by atomic mass is 32.2. The smallest absolute Gasteiger partial charge is 0.333 e. The highest BCUT2D eigenvalue weighted by Gasteiger charge is 2.24. The molecular weight excluding hydrogens is 406 g/mol. The Hall–Kier alpha value is -3.01. The monoisotopic (exact) mass is 433 g/mol. The molecule has 30 heavy (non-hydrogen) atoms. The Bertz CT molecular complexity index is 1020. The zero-order chi connectivity index (χ0) is 22.6. The maximum Gasteiger partial charge on any atom is 0.333 e. The van der Waals surface area contributed by atoms with Crippen molar-refractivity contribution >= 4 is 27.6 Å². The molecule has 1 heterocycles. The summed E-state index contributed by atoms with van der Waals surface area (Å²) >= 11 is 0. The Morgan fingerprint density at radius 1 is 1.03 bits per heavy atom. The van der Waals surface area contributed by atoms with Crippen LogP contribution < -0.4 is 10.0 Å². The van der Waals surface area contributed by atoms with Crippen molar-refractivity contribution in [3.8, 4) is 0 Å². The molecule has 2 aromatic rings. The Morgan fingerprint density at radius 2 is 1.60 bits per heavy atom. The molecule has 0 saturated carbocycles. The topological polar surface area (TPSA) is 121 Å². The van der Waals surface area contributed by atoms with Crippen molar-refractivity contribution in [2.45, 2.75) is 44.6 Å². The first-order chi connectivity index (χ1) is 13.9. The Balaban J connectivity index is 2.31. The first-order valence-corrected chi connectivity index (χ1v) is 10.9. The molecule has 3 amide bonds. The van der Waals surface area contributed by atoms with E-state index in [0.717, 1.165) is 23.4 Å². The van der Waals surface area contributed by atoms with Crippen LogP contribution in [0.1, 0.15) is 61.0 Å². The summed E-state index contributed by atoms with van der Waals surface area (Å²) in [6.07, 6.45) is 1.16. The summed E-state index contributed by atoms with van der Waals surface area (Å²) in [6.45, 7) is 7.95. The second-order valence-corrected chi connectivity index (χ2v) is 9.29. The number of aromatic nitrogens is 2. The zero-order valence-electron chi connectivity index (χ0n) is 17.9. The third kappa shape index (κ3) is 5.32. The summed E-state index contributed by atoms with van der Waals surface area (Å²) in [6, 6.07) is 5.85. The maximum atomic E-state index is 12.6. The number of carbonyl (C=O) groups excluding carboxylic acids is 2. The van der Waals surface area contributed by atoms with Gasteiger partial charge in [0.25, 0.3) is 15.9 Å². The SMILES string of the molecule is CC(C)c1cccc(C(C)C)c1NC(=O)NS(=O)(=O)c1cc(C(=O)N(C)C)cnn1. The number of carbonyl (C=O) groups is 2. The number of nitrogens with zero attached hydrogens (tertiary/aromatic N) is 3.